The van der Waals surface area contributed by atoms with Crippen molar-refractivity contribution in [1.29, 1.82) is 5.41 Å². The molecule has 1 N–H and O–H groups in total. The topological polar surface area (TPSA) is 52.9 Å². The number of rotatable bonds is 3. The molecule has 1 rings (SSSR count). The Hall–Kier alpha value is -1.45. The van der Waals surface area contributed by atoms with Crippen LogP contribution >= 0.6 is 0 Å². The maximum absolute atomic E-state index is 7.86. The predicted octanol–water partition coefficient (Wildman–Crippen LogP) is 1.45. The number of amidine groups is 1. The van der Waals surface area contributed by atoms with Crippen LogP contribution < -0.4 is 0 Å². The van der Waals surface area contributed by atoms with Gasteiger partial charge in [0.05, 0.1) is 0 Å². The van der Waals surface area contributed by atoms with Gasteiger partial charge in [0.25, 0.3) is 0 Å². The largest absolute Gasteiger partial charge is 0.355 e. The lowest BCUT2D eigenvalue weighted by molar-refractivity contribution is 0.461. The van der Waals surface area contributed by atoms with Crippen molar-refractivity contribution in [3.8, 4) is 0 Å². The van der Waals surface area contributed by atoms with Gasteiger partial charge in [-0.3, -0.25) is 5.41 Å². The highest BCUT2D eigenvalue weighted by Crippen LogP contribution is 1.99. The molecular weight excluding hydrogens is 176 g/mol. The second-order valence-corrected chi connectivity index (χ2v) is 3.10. The average Bonchev–Trinajstić information content (AvgIpc) is 2.20. The van der Waals surface area contributed by atoms with Crippen molar-refractivity contribution < 1.29 is 0 Å². The second kappa shape index (κ2) is 4.69. The molecule has 0 saturated heterocycles. The molecule has 1 heterocycles. The summed E-state index contributed by atoms with van der Waals surface area (Å²) in [5, 5.41) is 7.86. The molecule has 0 bridgehead atoms. The molecule has 0 amide bonds. The van der Waals surface area contributed by atoms with Gasteiger partial charge in [-0.2, -0.15) is 0 Å². The van der Waals surface area contributed by atoms with E-state index < -0.39 is 0 Å². The first kappa shape index (κ1) is 10.6. The fourth-order valence-corrected chi connectivity index (χ4v) is 1.20. The van der Waals surface area contributed by atoms with E-state index in [9.17, 15) is 0 Å². The molecule has 76 valence electrons. The lowest BCUT2D eigenvalue weighted by Gasteiger charge is -2.19. The van der Waals surface area contributed by atoms with Crippen LogP contribution in [0.25, 0.3) is 0 Å². The quantitative estimate of drug-likeness (QED) is 0.582. The van der Waals surface area contributed by atoms with Crippen molar-refractivity contribution in [2.75, 3.05) is 13.1 Å². The summed E-state index contributed by atoms with van der Waals surface area (Å²) < 4.78 is 0. The summed E-state index contributed by atoms with van der Waals surface area (Å²) in [5.41, 5.74) is 1.01. The zero-order valence-electron chi connectivity index (χ0n) is 8.91. The molecule has 0 saturated carbocycles. The van der Waals surface area contributed by atoms with Crippen LogP contribution in [0.2, 0.25) is 0 Å². The lowest BCUT2D eigenvalue weighted by Crippen LogP contribution is -2.31. The minimum absolute atomic E-state index is 0.398. The molecule has 1 aromatic rings. The Morgan fingerprint density at radius 2 is 1.79 bits per heavy atom. The third-order valence-electron chi connectivity index (χ3n) is 2.07. The van der Waals surface area contributed by atoms with Crippen molar-refractivity contribution in [1.82, 2.24) is 14.9 Å². The molecule has 0 aliphatic rings. The summed E-state index contributed by atoms with van der Waals surface area (Å²) in [6.07, 6.45) is 3.47. The first-order chi connectivity index (χ1) is 6.69. The number of aromatic nitrogens is 2. The number of aryl methyl sites for hydroxylation is 1. The first-order valence-corrected chi connectivity index (χ1v) is 4.81. The van der Waals surface area contributed by atoms with E-state index in [0.29, 0.717) is 11.7 Å². The van der Waals surface area contributed by atoms with Crippen molar-refractivity contribution >= 4 is 5.84 Å². The SMILES string of the molecule is CCN(CC)C(=N)c1ncc(C)cn1. The Labute approximate surface area is 84.5 Å². The Balaban J connectivity index is 2.83. The molecular formula is C10H16N4. The van der Waals surface area contributed by atoms with Gasteiger partial charge in [-0.05, 0) is 26.3 Å². The highest BCUT2D eigenvalue weighted by atomic mass is 15.2. The van der Waals surface area contributed by atoms with Gasteiger partial charge in [0.2, 0.25) is 0 Å². The smallest absolute Gasteiger partial charge is 0.194 e. The minimum atomic E-state index is 0.398. The Kier molecular flexibility index (Phi) is 3.56. The van der Waals surface area contributed by atoms with Gasteiger partial charge < -0.3 is 4.90 Å². The lowest BCUT2D eigenvalue weighted by atomic mass is 10.3. The van der Waals surface area contributed by atoms with Gasteiger partial charge in [0.15, 0.2) is 11.7 Å². The zero-order chi connectivity index (χ0) is 10.6. The van der Waals surface area contributed by atoms with E-state index >= 15 is 0 Å². The molecule has 0 radical (unpaired) electrons. The van der Waals surface area contributed by atoms with Crippen LogP contribution in [0.5, 0.6) is 0 Å². The maximum Gasteiger partial charge on any atom is 0.194 e. The van der Waals surface area contributed by atoms with Crippen molar-refractivity contribution in [3.05, 3.63) is 23.8 Å². The molecule has 0 fully saturated rings. The van der Waals surface area contributed by atoms with Gasteiger partial charge in [-0.1, -0.05) is 0 Å². The Bertz CT molecular complexity index is 300. The van der Waals surface area contributed by atoms with Gasteiger partial charge in [-0.25, -0.2) is 9.97 Å². The third kappa shape index (κ3) is 2.28. The number of nitrogens with one attached hydrogen (secondary N) is 1. The summed E-state index contributed by atoms with van der Waals surface area (Å²) >= 11 is 0. The second-order valence-electron chi connectivity index (χ2n) is 3.10. The zero-order valence-corrected chi connectivity index (χ0v) is 8.91. The molecule has 0 aliphatic heterocycles. The Morgan fingerprint density at radius 3 is 2.21 bits per heavy atom. The van der Waals surface area contributed by atoms with Gasteiger partial charge in [0.1, 0.15) is 0 Å². The van der Waals surface area contributed by atoms with Crippen LogP contribution in [0.1, 0.15) is 25.2 Å². The summed E-state index contributed by atoms with van der Waals surface area (Å²) in [6.45, 7) is 7.60. The van der Waals surface area contributed by atoms with Gasteiger partial charge in [-0.15, -0.1) is 0 Å². The number of hydrogen-bond donors (Lipinski definition) is 1. The van der Waals surface area contributed by atoms with Crippen LogP contribution in [0.4, 0.5) is 0 Å². The standard InChI is InChI=1S/C10H16N4/c1-4-14(5-2)9(11)10-12-6-8(3)7-13-10/h6-7,11H,4-5H2,1-3H3. The minimum Gasteiger partial charge on any atom is -0.355 e. The first-order valence-electron chi connectivity index (χ1n) is 4.81. The van der Waals surface area contributed by atoms with Crippen molar-refractivity contribution in [3.63, 3.8) is 0 Å². The van der Waals surface area contributed by atoms with Gasteiger partial charge in [0, 0.05) is 25.5 Å². The number of nitrogens with zero attached hydrogens (tertiary/aromatic N) is 3. The van der Waals surface area contributed by atoms with Crippen LogP contribution in [0.15, 0.2) is 12.4 Å². The average molecular weight is 192 g/mol. The van der Waals surface area contributed by atoms with Gasteiger partial charge >= 0.3 is 0 Å². The van der Waals surface area contributed by atoms with E-state index in [1.54, 1.807) is 12.4 Å². The molecule has 0 atom stereocenters. The molecule has 14 heavy (non-hydrogen) atoms. The van der Waals surface area contributed by atoms with Crippen LogP contribution in [-0.4, -0.2) is 33.8 Å². The predicted molar refractivity (Wildman–Crippen MR) is 56.5 cm³/mol. The summed E-state index contributed by atoms with van der Waals surface area (Å²) in [5.74, 6) is 0.898. The van der Waals surface area contributed by atoms with Crippen molar-refractivity contribution in [2.24, 2.45) is 0 Å². The molecule has 4 nitrogen and oxygen atoms in total. The summed E-state index contributed by atoms with van der Waals surface area (Å²) in [6, 6.07) is 0. The Morgan fingerprint density at radius 1 is 1.29 bits per heavy atom. The highest BCUT2D eigenvalue weighted by Gasteiger charge is 2.09. The van der Waals surface area contributed by atoms with Crippen LogP contribution in [0, 0.1) is 12.3 Å². The van der Waals surface area contributed by atoms with E-state index in [-0.39, 0.29) is 0 Å². The van der Waals surface area contributed by atoms with E-state index in [2.05, 4.69) is 9.97 Å². The van der Waals surface area contributed by atoms with E-state index in [1.807, 2.05) is 25.7 Å². The van der Waals surface area contributed by atoms with Crippen LogP contribution in [-0.2, 0) is 0 Å². The van der Waals surface area contributed by atoms with Crippen LogP contribution in [0.3, 0.4) is 0 Å². The molecule has 1 aromatic heterocycles. The molecule has 0 unspecified atom stereocenters. The van der Waals surface area contributed by atoms with Crippen molar-refractivity contribution in [2.45, 2.75) is 20.8 Å². The fourth-order valence-electron chi connectivity index (χ4n) is 1.20. The maximum atomic E-state index is 7.86. The number of hydrogen-bond acceptors (Lipinski definition) is 3. The normalized spacial score (nSPS) is 9.93. The molecule has 0 aromatic carbocycles. The fraction of sp³-hybridized carbons (Fsp3) is 0.500. The monoisotopic (exact) mass is 192 g/mol. The van der Waals surface area contributed by atoms with E-state index in [0.717, 1.165) is 18.7 Å². The molecule has 0 spiro atoms. The van der Waals surface area contributed by atoms with E-state index in [4.69, 9.17) is 5.41 Å². The molecule has 4 heteroatoms. The van der Waals surface area contributed by atoms with E-state index in [1.165, 1.54) is 0 Å². The third-order valence-corrected chi connectivity index (χ3v) is 2.07. The molecule has 0 aliphatic carbocycles. The summed E-state index contributed by atoms with van der Waals surface area (Å²) in [4.78, 5) is 10.2. The highest BCUT2D eigenvalue weighted by molar-refractivity contribution is 5.92. The summed E-state index contributed by atoms with van der Waals surface area (Å²) in [7, 11) is 0.